The molecule has 1 aromatic heterocycles. The molecule has 0 saturated carbocycles. The lowest BCUT2D eigenvalue weighted by Crippen LogP contribution is -2.37. The van der Waals surface area contributed by atoms with Gasteiger partial charge in [-0.2, -0.15) is 0 Å². The maximum absolute atomic E-state index is 12.3. The van der Waals surface area contributed by atoms with Crippen LogP contribution in [-0.2, 0) is 9.53 Å². The summed E-state index contributed by atoms with van der Waals surface area (Å²) in [6, 6.07) is 1.62. The predicted octanol–water partition coefficient (Wildman–Crippen LogP) is 2.06. The van der Waals surface area contributed by atoms with Crippen molar-refractivity contribution in [3.63, 3.8) is 0 Å². The minimum atomic E-state index is -0.149. The summed E-state index contributed by atoms with van der Waals surface area (Å²) in [6.45, 7) is 4.07. The lowest BCUT2D eigenvalue weighted by molar-refractivity contribution is -0.121. The SMILES string of the molecule is CCCCCNC(=O)CCN(CCOC)C(=O)c1ccoc1. The topological polar surface area (TPSA) is 71.8 Å². The molecule has 1 heterocycles. The molecule has 0 fully saturated rings. The van der Waals surface area contributed by atoms with E-state index in [4.69, 9.17) is 9.15 Å². The number of rotatable bonds is 11. The van der Waals surface area contributed by atoms with Gasteiger partial charge in [-0.1, -0.05) is 19.8 Å². The molecule has 2 amide bonds. The van der Waals surface area contributed by atoms with E-state index in [2.05, 4.69) is 12.2 Å². The Morgan fingerprint density at radius 1 is 1.32 bits per heavy atom. The van der Waals surface area contributed by atoms with Crippen molar-refractivity contribution in [3.8, 4) is 0 Å². The molecule has 6 heteroatoms. The fourth-order valence-corrected chi connectivity index (χ4v) is 2.01. The Labute approximate surface area is 131 Å². The lowest BCUT2D eigenvalue weighted by Gasteiger charge is -2.21. The van der Waals surface area contributed by atoms with Crippen molar-refractivity contribution >= 4 is 11.8 Å². The third-order valence-electron chi connectivity index (χ3n) is 3.33. The first-order valence-corrected chi connectivity index (χ1v) is 7.76. The molecule has 0 atom stereocenters. The van der Waals surface area contributed by atoms with E-state index in [0.717, 1.165) is 19.3 Å². The predicted molar refractivity (Wildman–Crippen MR) is 83.6 cm³/mol. The molecule has 0 aliphatic heterocycles. The molecule has 22 heavy (non-hydrogen) atoms. The minimum absolute atomic E-state index is 0.0292. The minimum Gasteiger partial charge on any atom is -0.472 e. The standard InChI is InChI=1S/C16H26N2O4/c1-3-4-5-8-17-15(19)6-9-18(10-12-21-2)16(20)14-7-11-22-13-14/h7,11,13H,3-6,8-10,12H2,1-2H3,(H,17,19). The van der Waals surface area contributed by atoms with E-state index in [9.17, 15) is 9.59 Å². The van der Waals surface area contributed by atoms with Crippen molar-refractivity contribution in [2.24, 2.45) is 0 Å². The Morgan fingerprint density at radius 2 is 2.14 bits per heavy atom. The molecule has 0 bridgehead atoms. The highest BCUT2D eigenvalue weighted by Gasteiger charge is 2.17. The molecule has 0 spiro atoms. The third kappa shape index (κ3) is 6.76. The molecule has 124 valence electrons. The molecule has 0 saturated heterocycles. The van der Waals surface area contributed by atoms with Crippen LogP contribution in [0.5, 0.6) is 0 Å². The molecule has 6 nitrogen and oxygen atoms in total. The molecule has 0 aliphatic carbocycles. The van der Waals surface area contributed by atoms with Gasteiger partial charge in [-0.15, -0.1) is 0 Å². The summed E-state index contributed by atoms with van der Waals surface area (Å²) in [4.78, 5) is 25.7. The van der Waals surface area contributed by atoms with Gasteiger partial charge in [0.05, 0.1) is 18.4 Å². The zero-order chi connectivity index (χ0) is 16.2. The van der Waals surface area contributed by atoms with E-state index in [1.54, 1.807) is 18.1 Å². The van der Waals surface area contributed by atoms with Crippen molar-refractivity contribution in [1.82, 2.24) is 10.2 Å². The third-order valence-corrected chi connectivity index (χ3v) is 3.33. The van der Waals surface area contributed by atoms with Gasteiger partial charge < -0.3 is 19.4 Å². The van der Waals surface area contributed by atoms with Gasteiger partial charge in [0.25, 0.3) is 5.91 Å². The van der Waals surface area contributed by atoms with Crippen LogP contribution in [0.2, 0.25) is 0 Å². The highest BCUT2D eigenvalue weighted by atomic mass is 16.5. The number of hydrogen-bond acceptors (Lipinski definition) is 4. The lowest BCUT2D eigenvalue weighted by atomic mass is 10.2. The molecule has 0 unspecified atom stereocenters. The van der Waals surface area contributed by atoms with Crippen LogP contribution in [0.4, 0.5) is 0 Å². The van der Waals surface area contributed by atoms with Crippen molar-refractivity contribution in [2.75, 3.05) is 33.4 Å². The van der Waals surface area contributed by atoms with Crippen LogP contribution >= 0.6 is 0 Å². The van der Waals surface area contributed by atoms with Crippen molar-refractivity contribution in [3.05, 3.63) is 24.2 Å². The maximum Gasteiger partial charge on any atom is 0.257 e. The first-order valence-electron chi connectivity index (χ1n) is 7.76. The zero-order valence-corrected chi connectivity index (χ0v) is 13.5. The van der Waals surface area contributed by atoms with Crippen LogP contribution in [-0.4, -0.2) is 50.1 Å². The van der Waals surface area contributed by atoms with Gasteiger partial charge >= 0.3 is 0 Å². The first kappa shape index (κ1) is 18.2. The van der Waals surface area contributed by atoms with Gasteiger partial charge in [0.1, 0.15) is 6.26 Å². The summed E-state index contributed by atoms with van der Waals surface area (Å²) in [6.07, 6.45) is 6.39. The second kappa shape index (κ2) is 10.8. The normalized spacial score (nSPS) is 10.5. The molecule has 1 rings (SSSR count). The maximum atomic E-state index is 12.3. The number of amides is 2. The number of unbranched alkanes of at least 4 members (excludes halogenated alkanes) is 2. The Bertz CT molecular complexity index is 431. The second-order valence-corrected chi connectivity index (χ2v) is 5.10. The van der Waals surface area contributed by atoms with Gasteiger partial charge in [0.2, 0.25) is 5.91 Å². The summed E-state index contributed by atoms with van der Waals surface area (Å²) in [5.41, 5.74) is 0.486. The number of nitrogens with one attached hydrogen (secondary N) is 1. The van der Waals surface area contributed by atoms with Crippen molar-refractivity contribution in [2.45, 2.75) is 32.6 Å². The number of carbonyl (C=O) groups is 2. The van der Waals surface area contributed by atoms with E-state index >= 15 is 0 Å². The average Bonchev–Trinajstić information content (AvgIpc) is 3.05. The van der Waals surface area contributed by atoms with Gasteiger partial charge in [-0.3, -0.25) is 9.59 Å². The quantitative estimate of drug-likeness (QED) is 0.635. The fourth-order valence-electron chi connectivity index (χ4n) is 2.01. The number of hydrogen-bond donors (Lipinski definition) is 1. The number of methoxy groups -OCH3 is 1. The zero-order valence-electron chi connectivity index (χ0n) is 13.5. The van der Waals surface area contributed by atoms with Crippen LogP contribution in [0.15, 0.2) is 23.0 Å². The fraction of sp³-hybridized carbons (Fsp3) is 0.625. The Balaban J connectivity index is 2.41. The molecular weight excluding hydrogens is 284 g/mol. The molecule has 1 N–H and O–H groups in total. The summed E-state index contributed by atoms with van der Waals surface area (Å²) < 4.78 is 9.95. The summed E-state index contributed by atoms with van der Waals surface area (Å²) in [5.74, 6) is -0.178. The van der Waals surface area contributed by atoms with Crippen LogP contribution in [0, 0.1) is 0 Å². The summed E-state index contributed by atoms with van der Waals surface area (Å²) >= 11 is 0. The van der Waals surface area contributed by atoms with Crippen LogP contribution in [0.1, 0.15) is 43.0 Å². The molecule has 1 aromatic rings. The van der Waals surface area contributed by atoms with Gasteiger partial charge in [0, 0.05) is 33.2 Å². The Morgan fingerprint density at radius 3 is 2.77 bits per heavy atom. The van der Waals surface area contributed by atoms with E-state index in [1.165, 1.54) is 12.5 Å². The van der Waals surface area contributed by atoms with E-state index in [0.29, 0.717) is 38.2 Å². The Kier molecular flexibility index (Phi) is 8.98. The number of ether oxygens (including phenoxy) is 1. The van der Waals surface area contributed by atoms with Gasteiger partial charge in [0.15, 0.2) is 0 Å². The number of furan rings is 1. The van der Waals surface area contributed by atoms with Crippen LogP contribution in [0.3, 0.4) is 0 Å². The van der Waals surface area contributed by atoms with E-state index < -0.39 is 0 Å². The monoisotopic (exact) mass is 310 g/mol. The average molecular weight is 310 g/mol. The second-order valence-electron chi connectivity index (χ2n) is 5.10. The van der Waals surface area contributed by atoms with Gasteiger partial charge in [-0.25, -0.2) is 0 Å². The summed E-state index contributed by atoms with van der Waals surface area (Å²) in [5, 5.41) is 2.88. The van der Waals surface area contributed by atoms with E-state index in [1.807, 2.05) is 0 Å². The smallest absolute Gasteiger partial charge is 0.257 e. The highest BCUT2D eigenvalue weighted by Crippen LogP contribution is 2.06. The highest BCUT2D eigenvalue weighted by molar-refractivity contribution is 5.94. The van der Waals surface area contributed by atoms with Crippen LogP contribution in [0.25, 0.3) is 0 Å². The largest absolute Gasteiger partial charge is 0.472 e. The molecule has 0 aromatic carbocycles. The number of nitrogens with zero attached hydrogens (tertiary/aromatic N) is 1. The first-order chi connectivity index (χ1) is 10.7. The van der Waals surface area contributed by atoms with Crippen LogP contribution < -0.4 is 5.32 Å². The number of carbonyl (C=O) groups excluding carboxylic acids is 2. The molecule has 0 radical (unpaired) electrons. The summed E-state index contributed by atoms with van der Waals surface area (Å²) in [7, 11) is 1.58. The van der Waals surface area contributed by atoms with Crippen molar-refractivity contribution < 1.29 is 18.7 Å². The van der Waals surface area contributed by atoms with Crippen molar-refractivity contribution in [1.29, 1.82) is 0 Å². The molecule has 0 aliphatic rings. The Hall–Kier alpha value is -1.82. The van der Waals surface area contributed by atoms with Gasteiger partial charge in [-0.05, 0) is 12.5 Å². The molecular formula is C16H26N2O4. The van der Waals surface area contributed by atoms with E-state index in [-0.39, 0.29) is 11.8 Å².